The molecule has 0 atom stereocenters. The van der Waals surface area contributed by atoms with Gasteiger partial charge in [-0.05, 0) is 78.3 Å². The summed E-state index contributed by atoms with van der Waals surface area (Å²) in [6.07, 6.45) is 15.6. The molecule has 0 bridgehead atoms. The summed E-state index contributed by atoms with van der Waals surface area (Å²) in [5.41, 5.74) is 11.6. The van der Waals surface area contributed by atoms with Crippen molar-refractivity contribution < 1.29 is 4.79 Å². The molecule has 0 radical (unpaired) electrons. The van der Waals surface area contributed by atoms with Crippen molar-refractivity contribution in [3.8, 4) is 0 Å². The van der Waals surface area contributed by atoms with Crippen molar-refractivity contribution in [1.82, 2.24) is 9.88 Å². The van der Waals surface area contributed by atoms with Gasteiger partial charge in [0.25, 0.3) is 0 Å². The molecule has 1 aromatic carbocycles. The molecule has 1 aliphatic heterocycles. The van der Waals surface area contributed by atoms with Crippen LogP contribution < -0.4 is 0 Å². The average molecular weight is 441 g/mol. The van der Waals surface area contributed by atoms with E-state index in [0.29, 0.717) is 6.42 Å². The van der Waals surface area contributed by atoms with Crippen LogP contribution in [0.25, 0.3) is 5.57 Å². The number of pyridine rings is 1. The maximum Gasteiger partial charge on any atom is 0.227 e. The number of amides is 1. The van der Waals surface area contributed by atoms with Gasteiger partial charge >= 0.3 is 0 Å². The fraction of sp³-hybridized carbons (Fsp3) is 0.250. The molecule has 3 nitrogen and oxygen atoms in total. The number of halogens is 1. The van der Waals surface area contributed by atoms with E-state index in [1.165, 1.54) is 27.8 Å². The molecule has 1 saturated heterocycles. The number of nitrogens with zero attached hydrogens (tertiary/aromatic N) is 2. The maximum atomic E-state index is 12.9. The highest BCUT2D eigenvalue weighted by molar-refractivity contribution is 6.30. The quantitative estimate of drug-likeness (QED) is 0.548. The molecule has 160 valence electrons. The lowest BCUT2D eigenvalue weighted by molar-refractivity contribution is -0.130. The second-order valence-electron chi connectivity index (χ2n) is 8.45. The Labute approximate surface area is 194 Å². The lowest BCUT2D eigenvalue weighted by Gasteiger charge is -2.30. The third kappa shape index (κ3) is 4.27. The smallest absolute Gasteiger partial charge is 0.227 e. The van der Waals surface area contributed by atoms with Crippen molar-refractivity contribution in [2.75, 3.05) is 13.1 Å². The topological polar surface area (TPSA) is 33.2 Å². The summed E-state index contributed by atoms with van der Waals surface area (Å²) < 4.78 is 0. The van der Waals surface area contributed by atoms with Gasteiger partial charge in [0.15, 0.2) is 0 Å². The Kier molecular flexibility index (Phi) is 5.94. The van der Waals surface area contributed by atoms with Gasteiger partial charge < -0.3 is 4.90 Å². The predicted octanol–water partition coefficient (Wildman–Crippen LogP) is 5.86. The van der Waals surface area contributed by atoms with Crippen molar-refractivity contribution in [3.63, 3.8) is 0 Å². The molecule has 0 saturated carbocycles. The van der Waals surface area contributed by atoms with Crippen LogP contribution in [-0.4, -0.2) is 28.9 Å². The Bertz CT molecular complexity index is 1220. The number of allylic oxidation sites excluding steroid dienone is 4. The van der Waals surface area contributed by atoms with E-state index in [1.54, 1.807) is 0 Å². The summed E-state index contributed by atoms with van der Waals surface area (Å²) in [5, 5.41) is 0.777. The molecule has 4 heteroatoms. The van der Waals surface area contributed by atoms with Gasteiger partial charge in [-0.15, -0.1) is 5.73 Å². The molecule has 2 aromatic rings. The van der Waals surface area contributed by atoms with Gasteiger partial charge in [0.2, 0.25) is 5.91 Å². The van der Waals surface area contributed by atoms with Crippen LogP contribution in [0.1, 0.15) is 41.6 Å². The van der Waals surface area contributed by atoms with Crippen molar-refractivity contribution in [3.05, 3.63) is 111 Å². The summed E-state index contributed by atoms with van der Waals surface area (Å²) in [4.78, 5) is 19.7. The number of carbonyl (C=O) groups excluding carboxylic acids is 1. The van der Waals surface area contributed by atoms with Crippen LogP contribution in [0.2, 0.25) is 5.02 Å². The van der Waals surface area contributed by atoms with Crippen LogP contribution >= 0.6 is 11.6 Å². The third-order valence-electron chi connectivity index (χ3n) is 6.45. The summed E-state index contributed by atoms with van der Waals surface area (Å²) in [5.74, 6) is 0.187. The maximum absolute atomic E-state index is 12.9. The highest BCUT2D eigenvalue weighted by Gasteiger charge is 2.26. The minimum absolute atomic E-state index is 0.187. The molecule has 0 unspecified atom stereocenters. The number of aryl methyl sites for hydroxylation is 2. The van der Waals surface area contributed by atoms with Crippen molar-refractivity contribution in [1.29, 1.82) is 0 Å². The Hall–Kier alpha value is -3.13. The summed E-state index contributed by atoms with van der Waals surface area (Å²) in [6.45, 7) is 1.49. The van der Waals surface area contributed by atoms with E-state index in [1.807, 2.05) is 53.6 Å². The Balaban J connectivity index is 1.42. The highest BCUT2D eigenvalue weighted by Crippen LogP contribution is 2.38. The van der Waals surface area contributed by atoms with Gasteiger partial charge in [-0.3, -0.25) is 9.78 Å². The lowest BCUT2D eigenvalue weighted by Crippen LogP contribution is -2.36. The van der Waals surface area contributed by atoms with E-state index in [2.05, 4.69) is 23.9 Å². The van der Waals surface area contributed by atoms with Crippen LogP contribution in [0.3, 0.4) is 0 Å². The SMILES string of the molecule is O=C(CC1=CC=C=CC=C1)N1CCC(=C2c3ccc(Cl)cc3CCc3cccnc32)CC1. The minimum atomic E-state index is 0.187. The molecular weight excluding hydrogens is 416 g/mol. The van der Waals surface area contributed by atoms with Gasteiger partial charge in [-0.1, -0.05) is 47.5 Å². The van der Waals surface area contributed by atoms with Gasteiger partial charge in [-0.25, -0.2) is 0 Å². The van der Waals surface area contributed by atoms with Gasteiger partial charge in [0.05, 0.1) is 12.1 Å². The zero-order chi connectivity index (χ0) is 21.9. The number of hydrogen-bond donors (Lipinski definition) is 0. The normalized spacial score (nSPS) is 17.4. The first-order valence-corrected chi connectivity index (χ1v) is 11.6. The van der Waals surface area contributed by atoms with Crippen LogP contribution in [0, 0.1) is 0 Å². The molecule has 2 aliphatic carbocycles. The van der Waals surface area contributed by atoms with E-state index in [4.69, 9.17) is 16.6 Å². The second-order valence-corrected chi connectivity index (χ2v) is 8.89. The molecule has 1 amide bonds. The minimum Gasteiger partial charge on any atom is -0.342 e. The van der Waals surface area contributed by atoms with Crippen LogP contribution in [0.15, 0.2) is 83.8 Å². The number of carbonyl (C=O) groups is 1. The lowest BCUT2D eigenvalue weighted by atomic mass is 9.88. The van der Waals surface area contributed by atoms with E-state index in [-0.39, 0.29) is 5.91 Å². The fourth-order valence-corrected chi connectivity index (χ4v) is 5.00. The van der Waals surface area contributed by atoms with Gasteiger partial charge in [-0.2, -0.15) is 0 Å². The number of hydrogen-bond acceptors (Lipinski definition) is 2. The zero-order valence-corrected chi connectivity index (χ0v) is 18.7. The molecule has 32 heavy (non-hydrogen) atoms. The van der Waals surface area contributed by atoms with E-state index in [0.717, 1.165) is 55.1 Å². The third-order valence-corrected chi connectivity index (χ3v) is 6.69. The van der Waals surface area contributed by atoms with E-state index < -0.39 is 0 Å². The van der Waals surface area contributed by atoms with Gasteiger partial charge in [0.1, 0.15) is 0 Å². The van der Waals surface area contributed by atoms with Crippen LogP contribution in [0.5, 0.6) is 0 Å². The van der Waals surface area contributed by atoms with Crippen molar-refractivity contribution in [2.45, 2.75) is 32.1 Å². The second kappa shape index (κ2) is 9.16. The molecule has 0 N–H and O–H groups in total. The molecule has 1 aromatic heterocycles. The fourth-order valence-electron chi connectivity index (χ4n) is 4.81. The van der Waals surface area contributed by atoms with E-state index in [9.17, 15) is 4.79 Å². The molecule has 1 fully saturated rings. The Morgan fingerprint density at radius 3 is 2.78 bits per heavy atom. The van der Waals surface area contributed by atoms with Crippen molar-refractivity contribution in [2.24, 2.45) is 0 Å². The average Bonchev–Trinajstić information content (AvgIpc) is 3.16. The predicted molar refractivity (Wildman–Crippen MR) is 129 cm³/mol. The monoisotopic (exact) mass is 440 g/mol. The molecule has 3 aliphatic rings. The number of rotatable bonds is 2. The molecule has 2 heterocycles. The summed E-state index contributed by atoms with van der Waals surface area (Å²) >= 11 is 6.33. The van der Waals surface area contributed by atoms with Gasteiger partial charge in [0, 0.05) is 29.9 Å². The number of benzene rings is 1. The molecule has 5 rings (SSSR count). The first-order valence-electron chi connectivity index (χ1n) is 11.2. The molecular formula is C28H25ClN2O. The Morgan fingerprint density at radius 2 is 1.91 bits per heavy atom. The van der Waals surface area contributed by atoms with Crippen molar-refractivity contribution >= 4 is 23.1 Å². The first kappa shape index (κ1) is 20.8. The number of fused-ring (bicyclic) bond motifs is 2. The Morgan fingerprint density at radius 1 is 1.06 bits per heavy atom. The first-order chi connectivity index (χ1) is 15.7. The summed E-state index contributed by atoms with van der Waals surface area (Å²) in [6, 6.07) is 10.4. The highest BCUT2D eigenvalue weighted by atomic mass is 35.5. The van der Waals surface area contributed by atoms with Crippen LogP contribution in [0.4, 0.5) is 0 Å². The van der Waals surface area contributed by atoms with Crippen LogP contribution in [-0.2, 0) is 17.6 Å². The van der Waals surface area contributed by atoms with E-state index >= 15 is 0 Å². The molecule has 0 spiro atoms. The number of piperidine rings is 1. The number of aromatic nitrogens is 1. The largest absolute Gasteiger partial charge is 0.342 e. The summed E-state index contributed by atoms with van der Waals surface area (Å²) in [7, 11) is 0. The number of likely N-dealkylation sites (tertiary alicyclic amines) is 1. The zero-order valence-electron chi connectivity index (χ0n) is 18.0. The standard InChI is InChI=1S/C28H25ClN2O/c29-24-11-12-25-23(19-24)10-9-22-8-5-15-30-28(22)27(25)21-13-16-31(17-14-21)26(32)18-20-6-3-1-2-4-7-20/h1,3-8,11-12,15,19H,9-10,13-14,16-18H2.